The molecule has 1 atom stereocenters. The summed E-state index contributed by atoms with van der Waals surface area (Å²) in [4.78, 5) is 38.3. The molecule has 0 saturated heterocycles. The predicted molar refractivity (Wildman–Crippen MR) is 106 cm³/mol. The van der Waals surface area contributed by atoms with E-state index in [4.69, 9.17) is 0 Å². The highest BCUT2D eigenvalue weighted by Crippen LogP contribution is 2.28. The van der Waals surface area contributed by atoms with Crippen LogP contribution in [0.2, 0.25) is 0 Å². The highest BCUT2D eigenvalue weighted by atomic mass is 16.2. The van der Waals surface area contributed by atoms with Crippen LogP contribution in [0.25, 0.3) is 0 Å². The Labute approximate surface area is 161 Å². The maximum Gasteiger partial charge on any atom is 0.245 e. The van der Waals surface area contributed by atoms with Crippen molar-refractivity contribution >= 4 is 23.4 Å². The number of amides is 3. The Hall–Kier alpha value is -2.37. The van der Waals surface area contributed by atoms with E-state index < -0.39 is 6.04 Å². The maximum atomic E-state index is 12.9. The zero-order chi connectivity index (χ0) is 20.1. The number of hydrogen-bond donors (Lipinski definition) is 2. The van der Waals surface area contributed by atoms with E-state index in [0.29, 0.717) is 0 Å². The molecule has 2 rings (SSSR count). The number of rotatable bonds is 6. The molecule has 1 saturated carbocycles. The lowest BCUT2D eigenvalue weighted by molar-refractivity contribution is -0.138. The Balaban J connectivity index is 2.03. The minimum atomic E-state index is -0.550. The molecule has 1 unspecified atom stereocenters. The molecule has 1 aromatic rings. The van der Waals surface area contributed by atoms with Crippen LogP contribution in [-0.4, -0.2) is 42.3 Å². The van der Waals surface area contributed by atoms with Crippen LogP contribution in [0.1, 0.15) is 49.3 Å². The molecule has 2 N–H and O–H groups in total. The second-order valence-electron chi connectivity index (χ2n) is 7.74. The minimum Gasteiger partial charge on any atom is -0.344 e. The number of carbonyl (C=O) groups excluding carboxylic acids is 3. The Morgan fingerprint density at radius 3 is 2.19 bits per heavy atom. The standard InChI is InChI=1S/C21H31N3O3/c1-13-10-14(2)19(15(3)11-13)23-18(26)12-24(5)21(27)20(22-16(4)25)17-8-6-7-9-17/h10-11,17,20H,6-9,12H2,1-5H3,(H,22,25)(H,23,26). The van der Waals surface area contributed by atoms with E-state index in [2.05, 4.69) is 10.6 Å². The van der Waals surface area contributed by atoms with Crippen molar-refractivity contribution in [2.45, 2.75) is 59.4 Å². The van der Waals surface area contributed by atoms with Gasteiger partial charge >= 0.3 is 0 Å². The molecule has 0 bridgehead atoms. The van der Waals surface area contributed by atoms with Crippen molar-refractivity contribution in [1.29, 1.82) is 0 Å². The summed E-state index contributed by atoms with van der Waals surface area (Å²) >= 11 is 0. The number of nitrogens with zero attached hydrogens (tertiary/aromatic N) is 1. The number of nitrogens with one attached hydrogen (secondary N) is 2. The zero-order valence-electron chi connectivity index (χ0n) is 17.0. The van der Waals surface area contributed by atoms with Gasteiger partial charge in [0.2, 0.25) is 17.7 Å². The number of aryl methyl sites for hydroxylation is 3. The molecule has 1 aliphatic rings. The van der Waals surface area contributed by atoms with Gasteiger partial charge in [-0.15, -0.1) is 0 Å². The summed E-state index contributed by atoms with van der Waals surface area (Å²) in [6, 6.07) is 3.49. The van der Waals surface area contributed by atoms with Crippen molar-refractivity contribution in [1.82, 2.24) is 10.2 Å². The van der Waals surface area contributed by atoms with Gasteiger partial charge in [-0.3, -0.25) is 14.4 Å². The molecule has 0 aliphatic heterocycles. The highest BCUT2D eigenvalue weighted by Gasteiger charge is 2.33. The van der Waals surface area contributed by atoms with Gasteiger partial charge in [-0.05, 0) is 50.7 Å². The summed E-state index contributed by atoms with van der Waals surface area (Å²) in [6.07, 6.45) is 4.01. The van der Waals surface area contributed by atoms with Crippen LogP contribution in [0, 0.1) is 26.7 Å². The molecule has 27 heavy (non-hydrogen) atoms. The second kappa shape index (κ2) is 9.02. The van der Waals surface area contributed by atoms with Gasteiger partial charge < -0.3 is 15.5 Å². The van der Waals surface area contributed by atoms with Gasteiger partial charge in [-0.1, -0.05) is 30.5 Å². The first-order valence-electron chi connectivity index (χ1n) is 9.58. The van der Waals surface area contributed by atoms with E-state index in [0.717, 1.165) is 48.1 Å². The molecular formula is C21H31N3O3. The summed E-state index contributed by atoms with van der Waals surface area (Å²) in [5, 5.41) is 5.71. The van der Waals surface area contributed by atoms with E-state index in [9.17, 15) is 14.4 Å². The van der Waals surface area contributed by atoms with Crippen molar-refractivity contribution in [3.8, 4) is 0 Å². The lowest BCUT2D eigenvalue weighted by Gasteiger charge is -2.28. The Bertz CT molecular complexity index is 700. The largest absolute Gasteiger partial charge is 0.344 e. The molecule has 1 aliphatic carbocycles. The molecule has 0 radical (unpaired) electrons. The SMILES string of the molecule is CC(=O)NC(C(=O)N(C)CC(=O)Nc1c(C)cc(C)cc1C)C1CCCC1. The fraction of sp³-hybridized carbons (Fsp3) is 0.571. The minimum absolute atomic E-state index is 0.0472. The van der Waals surface area contributed by atoms with Crippen LogP contribution in [0.5, 0.6) is 0 Å². The van der Waals surface area contributed by atoms with Crippen LogP contribution in [0.3, 0.4) is 0 Å². The van der Waals surface area contributed by atoms with Crippen molar-refractivity contribution in [2.75, 3.05) is 18.9 Å². The molecule has 1 aromatic carbocycles. The van der Waals surface area contributed by atoms with Gasteiger partial charge in [-0.2, -0.15) is 0 Å². The van der Waals surface area contributed by atoms with Crippen LogP contribution in [0.15, 0.2) is 12.1 Å². The monoisotopic (exact) mass is 373 g/mol. The Kier molecular flexibility index (Phi) is 6.99. The third-order valence-electron chi connectivity index (χ3n) is 5.19. The van der Waals surface area contributed by atoms with Crippen LogP contribution in [0.4, 0.5) is 5.69 Å². The molecule has 6 nitrogen and oxygen atoms in total. The fourth-order valence-corrected chi connectivity index (χ4v) is 3.98. The van der Waals surface area contributed by atoms with E-state index >= 15 is 0 Å². The van der Waals surface area contributed by atoms with E-state index in [1.807, 2.05) is 32.9 Å². The molecular weight excluding hydrogens is 342 g/mol. The van der Waals surface area contributed by atoms with Crippen molar-refractivity contribution in [2.24, 2.45) is 5.92 Å². The van der Waals surface area contributed by atoms with Crippen molar-refractivity contribution in [3.63, 3.8) is 0 Å². The lowest BCUT2D eigenvalue weighted by atomic mass is 9.96. The molecule has 148 valence electrons. The van der Waals surface area contributed by atoms with Crippen LogP contribution < -0.4 is 10.6 Å². The van der Waals surface area contributed by atoms with Gasteiger partial charge in [0.1, 0.15) is 6.04 Å². The summed E-state index contributed by atoms with van der Waals surface area (Å²) in [5.41, 5.74) is 3.93. The molecule has 0 heterocycles. The van der Waals surface area contributed by atoms with Crippen LogP contribution in [-0.2, 0) is 14.4 Å². The van der Waals surface area contributed by atoms with Gasteiger partial charge in [0.15, 0.2) is 0 Å². The first kappa shape index (κ1) is 20.9. The number of anilines is 1. The van der Waals surface area contributed by atoms with Gasteiger partial charge in [0.05, 0.1) is 6.54 Å². The molecule has 3 amide bonds. The highest BCUT2D eigenvalue weighted by molar-refractivity contribution is 5.97. The summed E-state index contributed by atoms with van der Waals surface area (Å²) < 4.78 is 0. The Morgan fingerprint density at radius 1 is 1.11 bits per heavy atom. The average Bonchev–Trinajstić information content (AvgIpc) is 3.09. The number of hydrogen-bond acceptors (Lipinski definition) is 3. The zero-order valence-corrected chi connectivity index (χ0v) is 17.0. The van der Waals surface area contributed by atoms with Crippen LogP contribution >= 0.6 is 0 Å². The number of carbonyl (C=O) groups is 3. The van der Waals surface area contributed by atoms with Gasteiger partial charge in [-0.25, -0.2) is 0 Å². The maximum absolute atomic E-state index is 12.9. The summed E-state index contributed by atoms with van der Waals surface area (Å²) in [6.45, 7) is 7.30. The van der Waals surface area contributed by atoms with Gasteiger partial charge in [0, 0.05) is 19.7 Å². The fourth-order valence-electron chi connectivity index (χ4n) is 3.98. The van der Waals surface area contributed by atoms with Crippen molar-refractivity contribution < 1.29 is 14.4 Å². The first-order valence-corrected chi connectivity index (χ1v) is 9.58. The number of benzene rings is 1. The normalized spacial score (nSPS) is 15.3. The topological polar surface area (TPSA) is 78.5 Å². The predicted octanol–water partition coefficient (Wildman–Crippen LogP) is 2.70. The van der Waals surface area contributed by atoms with E-state index in [1.54, 1.807) is 7.05 Å². The third-order valence-corrected chi connectivity index (χ3v) is 5.19. The molecule has 0 aromatic heterocycles. The number of likely N-dealkylation sites (N-methyl/N-ethyl adjacent to an activating group) is 1. The summed E-state index contributed by atoms with van der Waals surface area (Å²) in [7, 11) is 1.61. The smallest absolute Gasteiger partial charge is 0.245 e. The molecule has 6 heteroatoms. The molecule has 0 spiro atoms. The van der Waals surface area contributed by atoms with E-state index in [-0.39, 0.29) is 30.2 Å². The summed E-state index contributed by atoms with van der Waals surface area (Å²) in [5.74, 6) is -0.518. The Morgan fingerprint density at radius 2 is 1.67 bits per heavy atom. The molecule has 1 fully saturated rings. The van der Waals surface area contributed by atoms with E-state index in [1.165, 1.54) is 11.8 Å². The quantitative estimate of drug-likeness (QED) is 0.805. The second-order valence-corrected chi connectivity index (χ2v) is 7.74. The first-order chi connectivity index (χ1) is 12.7. The average molecular weight is 373 g/mol. The van der Waals surface area contributed by atoms with Crippen molar-refractivity contribution in [3.05, 3.63) is 28.8 Å². The lowest BCUT2D eigenvalue weighted by Crippen LogP contribution is -2.51. The third kappa shape index (κ3) is 5.55. The van der Waals surface area contributed by atoms with Gasteiger partial charge in [0.25, 0.3) is 0 Å².